The Morgan fingerprint density at radius 1 is 1.33 bits per heavy atom. The molecule has 9 heavy (non-hydrogen) atoms. The number of allylic oxidation sites excluding steroid dienone is 1. The van der Waals surface area contributed by atoms with Crippen LogP contribution in [0.4, 0.5) is 0 Å². The van der Waals surface area contributed by atoms with Gasteiger partial charge in [0.05, 0.1) is 0 Å². The van der Waals surface area contributed by atoms with Gasteiger partial charge in [0.15, 0.2) is 0 Å². The van der Waals surface area contributed by atoms with E-state index in [1.165, 1.54) is 6.08 Å². The van der Waals surface area contributed by atoms with Crippen molar-refractivity contribution in [3.05, 3.63) is 44.1 Å². The summed E-state index contributed by atoms with van der Waals surface area (Å²) in [6.45, 7) is 6.50. The van der Waals surface area contributed by atoms with Crippen molar-refractivity contribution in [2.45, 2.75) is 0 Å². The molecule has 0 saturated carbocycles. The summed E-state index contributed by atoms with van der Waals surface area (Å²) < 4.78 is 0. The summed E-state index contributed by atoms with van der Waals surface area (Å²) in [5.41, 5.74) is 0. The van der Waals surface area contributed by atoms with Crippen LogP contribution in [0, 0.1) is 6.92 Å². The predicted octanol–water partition coefficient (Wildman–Crippen LogP) is 1.65. The molecule has 1 heterocycles. The Labute approximate surface area is 68.9 Å². The van der Waals surface area contributed by atoms with Crippen LogP contribution >= 0.6 is 0 Å². The van der Waals surface area contributed by atoms with Gasteiger partial charge in [0.2, 0.25) is 0 Å². The minimum Gasteiger partial charge on any atom is -0.670 e. The van der Waals surface area contributed by atoms with Gasteiger partial charge in [-0.3, -0.25) is 0 Å². The van der Waals surface area contributed by atoms with Crippen LogP contribution in [-0.4, -0.2) is 0 Å². The molecule has 1 aromatic heterocycles. The molecule has 0 fully saturated rings. The second kappa shape index (κ2) is 10.5. The van der Waals surface area contributed by atoms with E-state index < -0.39 is 0 Å². The first-order valence-electron chi connectivity index (χ1n) is 2.33. The summed E-state index contributed by atoms with van der Waals surface area (Å²) in [4.78, 5) is 3.72. The Morgan fingerprint density at radius 2 is 1.67 bits per heavy atom. The Hall–Kier alpha value is -0.487. The van der Waals surface area contributed by atoms with Crippen LogP contribution < -0.4 is 4.98 Å². The van der Waals surface area contributed by atoms with Gasteiger partial charge in [-0.1, -0.05) is 12.1 Å². The fraction of sp³-hybridized carbons (Fsp3) is 0. The minimum atomic E-state index is 0. The number of hydrogen-bond acceptors (Lipinski definition) is 0. The van der Waals surface area contributed by atoms with Gasteiger partial charge in [-0.05, 0) is 0 Å². The molecule has 0 spiro atoms. The van der Waals surface area contributed by atoms with Crippen molar-refractivity contribution in [1.82, 2.24) is 4.98 Å². The summed E-state index contributed by atoms with van der Waals surface area (Å²) in [6.07, 6.45) is 5.00. The molecule has 0 unspecified atom stereocenters. The zero-order chi connectivity index (χ0) is 6.24. The second-order valence-corrected chi connectivity index (χ2v) is 1.12. The van der Waals surface area contributed by atoms with Crippen LogP contribution in [0.3, 0.4) is 0 Å². The van der Waals surface area contributed by atoms with Gasteiger partial charge in [0.25, 0.3) is 0 Å². The average Bonchev–Trinajstić information content (AvgIpc) is 2.17. The monoisotopic (exact) mass is 209 g/mol. The van der Waals surface area contributed by atoms with Crippen molar-refractivity contribution >= 4 is 0 Å². The third-order valence-corrected chi connectivity index (χ3v) is 0.455. The number of nitrogens with zero attached hydrogens (tertiary/aromatic N) is 1. The summed E-state index contributed by atoms with van der Waals surface area (Å²) in [5, 5.41) is 0. The molecule has 0 aliphatic carbocycles. The largest absolute Gasteiger partial charge is 2.00 e. The van der Waals surface area contributed by atoms with E-state index in [1.54, 1.807) is 12.4 Å². The predicted molar refractivity (Wildman–Crippen MR) is 35.3 cm³/mol. The van der Waals surface area contributed by atoms with E-state index in [2.05, 4.69) is 18.5 Å². The van der Waals surface area contributed by atoms with Gasteiger partial charge in [-0.15, -0.1) is 0 Å². The van der Waals surface area contributed by atoms with Gasteiger partial charge in [0.1, 0.15) is 0 Å². The van der Waals surface area contributed by atoms with Crippen LogP contribution in [0.2, 0.25) is 0 Å². The van der Waals surface area contributed by atoms with Crippen LogP contribution in [0.1, 0.15) is 0 Å². The number of aromatic nitrogens is 1. The van der Waals surface area contributed by atoms with Crippen molar-refractivity contribution in [3.63, 3.8) is 0 Å². The molecular formula is C7H9NRu. The average molecular weight is 208 g/mol. The fourth-order valence-electron chi connectivity index (χ4n) is 0.248. The molecule has 50 valence electrons. The smallest absolute Gasteiger partial charge is 0.670 e. The summed E-state index contributed by atoms with van der Waals surface area (Å²) in [6, 6.07) is 3.78. The van der Waals surface area contributed by atoms with Crippen molar-refractivity contribution in [1.29, 1.82) is 0 Å². The molecule has 0 saturated heterocycles. The van der Waals surface area contributed by atoms with Crippen molar-refractivity contribution in [2.24, 2.45) is 0 Å². The van der Waals surface area contributed by atoms with E-state index in [9.17, 15) is 0 Å². The third-order valence-electron chi connectivity index (χ3n) is 0.455. The Morgan fingerprint density at radius 3 is 1.78 bits per heavy atom. The first-order valence-corrected chi connectivity index (χ1v) is 2.33. The van der Waals surface area contributed by atoms with Gasteiger partial charge < -0.3 is 4.98 Å². The molecular weight excluding hydrogens is 199 g/mol. The van der Waals surface area contributed by atoms with E-state index in [4.69, 9.17) is 0 Å². The van der Waals surface area contributed by atoms with Gasteiger partial charge >= 0.3 is 19.5 Å². The zero-order valence-corrected chi connectivity index (χ0v) is 6.84. The Balaban J connectivity index is 0. The van der Waals surface area contributed by atoms with Gasteiger partial charge in [-0.2, -0.15) is 12.4 Å². The van der Waals surface area contributed by atoms with E-state index in [1.807, 2.05) is 12.1 Å². The quantitative estimate of drug-likeness (QED) is 0.467. The molecule has 0 aromatic carbocycles. The summed E-state index contributed by atoms with van der Waals surface area (Å²) in [5.74, 6) is 0. The third kappa shape index (κ3) is 11.2. The molecule has 0 atom stereocenters. The SMILES string of the molecule is C=C[CH2-].[Ru+2].c1cc[n-]c1. The second-order valence-electron chi connectivity index (χ2n) is 1.12. The standard InChI is InChI=1S/C4H4N.C3H5.Ru/c1-2-4-5-3-1;1-3-2;/h1-4H;3H,1-2H2;/q2*-1;+2. The maximum absolute atomic E-state index is 3.72. The van der Waals surface area contributed by atoms with Crippen molar-refractivity contribution in [3.8, 4) is 0 Å². The van der Waals surface area contributed by atoms with E-state index in [0.29, 0.717) is 0 Å². The zero-order valence-electron chi connectivity index (χ0n) is 5.10. The Bertz CT molecular complexity index is 95.3. The molecule has 1 nitrogen and oxygen atoms in total. The molecule has 0 aliphatic heterocycles. The number of hydrogen-bond donors (Lipinski definition) is 0. The molecule has 2 heteroatoms. The molecule has 0 aliphatic rings. The topological polar surface area (TPSA) is 14.1 Å². The maximum atomic E-state index is 3.72. The first-order chi connectivity index (χ1) is 3.91. The minimum absolute atomic E-state index is 0. The van der Waals surface area contributed by atoms with Crippen molar-refractivity contribution in [2.75, 3.05) is 0 Å². The van der Waals surface area contributed by atoms with Crippen LogP contribution in [0.25, 0.3) is 0 Å². The van der Waals surface area contributed by atoms with E-state index in [0.717, 1.165) is 0 Å². The summed E-state index contributed by atoms with van der Waals surface area (Å²) in [7, 11) is 0. The molecule has 0 N–H and O–H groups in total. The first kappa shape index (κ1) is 11.3. The normalized spacial score (nSPS) is 5.78. The van der Waals surface area contributed by atoms with Gasteiger partial charge in [-0.25, -0.2) is 19.6 Å². The molecule has 0 bridgehead atoms. The summed E-state index contributed by atoms with van der Waals surface area (Å²) >= 11 is 0. The van der Waals surface area contributed by atoms with Crippen molar-refractivity contribution < 1.29 is 19.5 Å². The molecule has 1 rings (SSSR count). The van der Waals surface area contributed by atoms with Crippen LogP contribution in [-0.2, 0) is 19.5 Å². The Kier molecular flexibility index (Phi) is 13.2. The molecule has 0 amide bonds. The molecule has 0 radical (unpaired) electrons. The molecule has 1 aromatic rings. The van der Waals surface area contributed by atoms with E-state index >= 15 is 0 Å². The number of rotatable bonds is 0. The van der Waals surface area contributed by atoms with E-state index in [-0.39, 0.29) is 19.5 Å². The van der Waals surface area contributed by atoms with Gasteiger partial charge in [0, 0.05) is 0 Å². The van der Waals surface area contributed by atoms with Crippen LogP contribution in [0.15, 0.2) is 37.2 Å². The fourth-order valence-corrected chi connectivity index (χ4v) is 0.248. The maximum Gasteiger partial charge on any atom is 2.00 e. The van der Waals surface area contributed by atoms with Crippen LogP contribution in [0.5, 0.6) is 0 Å².